The van der Waals surface area contributed by atoms with Crippen molar-refractivity contribution >= 4 is 42.6 Å². The van der Waals surface area contributed by atoms with Gasteiger partial charge in [0.2, 0.25) is 10.0 Å². The summed E-state index contributed by atoms with van der Waals surface area (Å²) in [4.78, 5) is 23.2. The summed E-state index contributed by atoms with van der Waals surface area (Å²) < 4.78 is 34.9. The third kappa shape index (κ3) is 6.26. The van der Waals surface area contributed by atoms with Crippen molar-refractivity contribution in [3.05, 3.63) is 53.1 Å². The van der Waals surface area contributed by atoms with E-state index in [0.29, 0.717) is 42.2 Å². The van der Waals surface area contributed by atoms with Crippen LogP contribution in [-0.2, 0) is 14.8 Å². The van der Waals surface area contributed by atoms with Crippen LogP contribution in [0.15, 0.2) is 41.3 Å². The number of aromatic nitrogens is 1. The fourth-order valence-corrected chi connectivity index (χ4v) is 8.62. The van der Waals surface area contributed by atoms with Crippen molar-refractivity contribution in [2.24, 2.45) is 11.8 Å². The number of sulfonamides is 1. The Kier molecular flexibility index (Phi) is 8.92. The van der Waals surface area contributed by atoms with Crippen molar-refractivity contribution in [2.45, 2.75) is 45.4 Å². The lowest BCUT2D eigenvalue weighted by molar-refractivity contribution is 0.0376. The van der Waals surface area contributed by atoms with Crippen LogP contribution in [0.3, 0.4) is 0 Å². The van der Waals surface area contributed by atoms with Gasteiger partial charge in [-0.2, -0.15) is 4.31 Å². The Hall–Kier alpha value is -2.37. The summed E-state index contributed by atoms with van der Waals surface area (Å²) in [7, 11) is -3.61. The average Bonchev–Trinajstić information content (AvgIpc) is 3.40. The maximum Gasteiger partial charge on any atom is 0.260 e. The second-order valence-electron chi connectivity index (χ2n) is 11.4. The Bertz CT molecular complexity index is 1400. The molecule has 40 heavy (non-hydrogen) atoms. The number of morpholine rings is 1. The predicted molar refractivity (Wildman–Crippen MR) is 161 cm³/mol. The van der Waals surface area contributed by atoms with Crippen LogP contribution in [0.5, 0.6) is 0 Å². The lowest BCUT2D eigenvalue weighted by Gasteiger charge is -2.34. The van der Waals surface area contributed by atoms with Gasteiger partial charge in [-0.25, -0.2) is 13.4 Å². The van der Waals surface area contributed by atoms with Crippen molar-refractivity contribution < 1.29 is 17.9 Å². The number of benzene rings is 2. The molecule has 2 saturated heterocycles. The van der Waals surface area contributed by atoms with Crippen LogP contribution in [0.2, 0.25) is 0 Å². The zero-order valence-electron chi connectivity index (χ0n) is 23.9. The minimum atomic E-state index is -3.61. The van der Waals surface area contributed by atoms with Crippen LogP contribution >= 0.6 is 11.3 Å². The summed E-state index contributed by atoms with van der Waals surface area (Å²) in [6, 6.07) is 10.6. The average molecular weight is 585 g/mol. The highest BCUT2D eigenvalue weighted by Crippen LogP contribution is 2.34. The van der Waals surface area contributed by atoms with Crippen LogP contribution in [-0.4, -0.2) is 81.0 Å². The SMILES string of the molecule is Cc1ccc(C)c2sc(N(CCCN3CCOCC3)C(=O)c3ccc(S(=O)(=O)N4CC(C)CC(C)C4)cc3)nc12. The zero-order chi connectivity index (χ0) is 28.4. The molecule has 3 aromatic rings. The van der Waals surface area contributed by atoms with E-state index in [2.05, 4.69) is 37.8 Å². The van der Waals surface area contributed by atoms with Crippen LogP contribution in [0.25, 0.3) is 10.2 Å². The maximum atomic E-state index is 13.9. The number of hydrogen-bond acceptors (Lipinski definition) is 7. The monoisotopic (exact) mass is 584 g/mol. The molecule has 0 bridgehead atoms. The second-order valence-corrected chi connectivity index (χ2v) is 14.3. The van der Waals surface area contributed by atoms with E-state index >= 15 is 0 Å². The van der Waals surface area contributed by atoms with E-state index in [-0.39, 0.29) is 10.8 Å². The van der Waals surface area contributed by atoms with Gasteiger partial charge in [-0.1, -0.05) is 37.3 Å². The second kappa shape index (κ2) is 12.2. The van der Waals surface area contributed by atoms with E-state index in [1.807, 2.05) is 6.92 Å². The minimum Gasteiger partial charge on any atom is -0.379 e. The number of ether oxygens (including phenoxy) is 1. The molecule has 2 unspecified atom stereocenters. The van der Waals surface area contributed by atoms with Gasteiger partial charge in [0.25, 0.3) is 5.91 Å². The quantitative estimate of drug-likeness (QED) is 0.373. The van der Waals surface area contributed by atoms with Crippen molar-refractivity contribution in [3.63, 3.8) is 0 Å². The lowest BCUT2D eigenvalue weighted by atomic mass is 9.94. The first kappa shape index (κ1) is 29.1. The number of carbonyl (C=O) groups excluding carboxylic acids is 1. The zero-order valence-corrected chi connectivity index (χ0v) is 25.6. The number of fused-ring (bicyclic) bond motifs is 1. The molecule has 2 fully saturated rings. The van der Waals surface area contributed by atoms with E-state index < -0.39 is 10.0 Å². The van der Waals surface area contributed by atoms with Gasteiger partial charge in [0.15, 0.2) is 5.13 Å². The fourth-order valence-electron chi connectivity index (χ4n) is 5.80. The summed E-state index contributed by atoms with van der Waals surface area (Å²) in [6.07, 6.45) is 1.84. The van der Waals surface area contributed by atoms with Crippen LogP contribution in [0, 0.1) is 25.7 Å². The van der Waals surface area contributed by atoms with Crippen molar-refractivity contribution in [2.75, 3.05) is 57.4 Å². The Balaban J connectivity index is 1.39. The van der Waals surface area contributed by atoms with Crippen molar-refractivity contribution in [1.82, 2.24) is 14.2 Å². The van der Waals surface area contributed by atoms with Gasteiger partial charge < -0.3 is 4.74 Å². The molecule has 3 heterocycles. The molecule has 216 valence electrons. The molecule has 2 aliphatic rings. The highest BCUT2D eigenvalue weighted by atomic mass is 32.2. The number of thiazole rings is 1. The number of anilines is 1. The van der Waals surface area contributed by atoms with Crippen LogP contribution in [0.4, 0.5) is 5.13 Å². The summed E-state index contributed by atoms with van der Waals surface area (Å²) in [5.41, 5.74) is 3.61. The first-order valence-electron chi connectivity index (χ1n) is 14.2. The highest BCUT2D eigenvalue weighted by Gasteiger charge is 2.32. The van der Waals surface area contributed by atoms with Gasteiger partial charge in [0.05, 0.1) is 28.3 Å². The van der Waals surface area contributed by atoms with Crippen LogP contribution in [0.1, 0.15) is 48.2 Å². The predicted octanol–water partition coefficient (Wildman–Crippen LogP) is 4.95. The first-order valence-corrected chi connectivity index (χ1v) is 16.5. The summed E-state index contributed by atoms with van der Waals surface area (Å²) >= 11 is 1.54. The van der Waals surface area contributed by atoms with Gasteiger partial charge in [0, 0.05) is 44.8 Å². The minimum absolute atomic E-state index is 0.166. The van der Waals surface area contributed by atoms with E-state index in [4.69, 9.17) is 9.72 Å². The topological polar surface area (TPSA) is 83.0 Å². The summed E-state index contributed by atoms with van der Waals surface area (Å²) in [5, 5.41) is 0.673. The Morgan fingerprint density at radius 3 is 2.33 bits per heavy atom. The number of piperidine rings is 1. The van der Waals surface area contributed by atoms with Gasteiger partial charge in [0.1, 0.15) is 0 Å². The molecule has 2 aromatic carbocycles. The molecule has 5 rings (SSSR count). The molecule has 2 aliphatic heterocycles. The molecule has 10 heteroatoms. The lowest BCUT2D eigenvalue weighted by Crippen LogP contribution is -2.42. The third-order valence-electron chi connectivity index (χ3n) is 7.94. The normalized spacial score (nSPS) is 21.1. The number of hydrogen-bond donors (Lipinski definition) is 0. The number of carbonyl (C=O) groups is 1. The number of aryl methyl sites for hydroxylation is 2. The van der Waals surface area contributed by atoms with E-state index in [9.17, 15) is 13.2 Å². The van der Waals surface area contributed by atoms with E-state index in [1.165, 1.54) is 11.3 Å². The third-order valence-corrected chi connectivity index (χ3v) is 11.0. The Morgan fingerprint density at radius 2 is 1.68 bits per heavy atom. The molecule has 0 spiro atoms. The van der Waals surface area contributed by atoms with Gasteiger partial charge in [-0.3, -0.25) is 14.6 Å². The first-order chi connectivity index (χ1) is 19.1. The molecule has 1 amide bonds. The molecule has 2 atom stereocenters. The fraction of sp³-hybridized carbons (Fsp3) is 0.533. The van der Waals surface area contributed by atoms with Crippen molar-refractivity contribution in [3.8, 4) is 0 Å². The Labute approximate surface area is 242 Å². The molecule has 0 N–H and O–H groups in total. The summed E-state index contributed by atoms with van der Waals surface area (Å²) in [5.74, 6) is 0.485. The number of amides is 1. The summed E-state index contributed by atoms with van der Waals surface area (Å²) in [6.45, 7) is 14.0. The smallest absolute Gasteiger partial charge is 0.260 e. The molecule has 0 aliphatic carbocycles. The molecule has 8 nitrogen and oxygen atoms in total. The van der Waals surface area contributed by atoms with Crippen molar-refractivity contribution in [1.29, 1.82) is 0 Å². The molecule has 0 radical (unpaired) electrons. The van der Waals surface area contributed by atoms with Crippen LogP contribution < -0.4 is 4.90 Å². The highest BCUT2D eigenvalue weighted by molar-refractivity contribution is 7.89. The largest absolute Gasteiger partial charge is 0.379 e. The number of rotatable bonds is 8. The number of nitrogens with zero attached hydrogens (tertiary/aromatic N) is 4. The molecular weight excluding hydrogens is 544 g/mol. The molecular formula is C30H40N4O4S2. The van der Waals surface area contributed by atoms with Gasteiger partial charge in [-0.15, -0.1) is 0 Å². The maximum absolute atomic E-state index is 13.9. The van der Waals surface area contributed by atoms with E-state index in [0.717, 1.165) is 67.0 Å². The van der Waals surface area contributed by atoms with Gasteiger partial charge in [-0.05, 0) is 73.9 Å². The Morgan fingerprint density at radius 1 is 1.02 bits per heavy atom. The molecule has 1 aromatic heterocycles. The van der Waals surface area contributed by atoms with E-state index in [1.54, 1.807) is 33.5 Å². The standard InChI is InChI=1S/C30H40N4O4S2/c1-21-18-22(2)20-33(19-21)40(36,37)26-10-8-25(9-11-26)29(35)34(13-5-12-32-14-16-38-17-15-32)30-31-27-23(3)6-7-24(4)28(27)39-30/h6-11,21-22H,5,12-20H2,1-4H3. The van der Waals surface area contributed by atoms with Gasteiger partial charge >= 0.3 is 0 Å². The molecule has 0 saturated carbocycles.